The van der Waals surface area contributed by atoms with Gasteiger partial charge in [0.25, 0.3) is 0 Å². The molecule has 0 amide bonds. The van der Waals surface area contributed by atoms with Gasteiger partial charge in [0.05, 0.1) is 0 Å². The highest BCUT2D eigenvalue weighted by Gasteiger charge is -0.0148. The summed E-state index contributed by atoms with van der Waals surface area (Å²) in [6.07, 6.45) is 0. The highest BCUT2D eigenvalue weighted by atomic mass is 79.9. The molecular formula is CH36Br2N6S4Si. The molecule has 0 spiro atoms. The average molecular weight is 449 g/mol. The molecule has 0 saturated heterocycles. The van der Waals surface area contributed by atoms with Gasteiger partial charge >= 0.3 is 0 Å². The van der Waals surface area contributed by atoms with Crippen molar-refractivity contribution in [2.75, 3.05) is 0 Å². The Hall–Kier alpha value is 2.34. The van der Waals surface area contributed by atoms with Gasteiger partial charge in [-0.05, 0) is 11.0 Å². The summed E-state index contributed by atoms with van der Waals surface area (Å²) >= 11 is 0. The van der Waals surface area contributed by atoms with Crippen molar-refractivity contribution in [2.45, 2.75) is 7.43 Å². The maximum absolute atomic E-state index is 0. The third-order valence-electron chi connectivity index (χ3n) is 0. The van der Waals surface area contributed by atoms with E-state index < -0.39 is 0 Å². The summed E-state index contributed by atoms with van der Waals surface area (Å²) in [6.45, 7) is 0. The van der Waals surface area contributed by atoms with Crippen molar-refractivity contribution >= 4 is 98.9 Å². The molecule has 0 bridgehead atoms. The summed E-state index contributed by atoms with van der Waals surface area (Å²) in [5.74, 6) is 0. The predicted molar refractivity (Wildman–Crippen MR) is 110 cm³/mol. The molecule has 14 heavy (non-hydrogen) atoms. The van der Waals surface area contributed by atoms with Crippen molar-refractivity contribution in [3.8, 4) is 0 Å². The van der Waals surface area contributed by atoms with Gasteiger partial charge in [-0.2, -0.15) is 54.0 Å². The number of hydrogen-bond acceptors (Lipinski definition) is 6. The van der Waals surface area contributed by atoms with Crippen LogP contribution in [0.1, 0.15) is 7.43 Å². The molecule has 0 saturated carbocycles. The second-order valence-corrected chi connectivity index (χ2v) is 0. The normalized spacial score (nSPS) is 0. The largest absolute Gasteiger partial charge is 0.344 e. The van der Waals surface area contributed by atoms with Crippen LogP contribution in [0.3, 0.4) is 0 Å². The van der Waals surface area contributed by atoms with E-state index in [1.807, 2.05) is 0 Å². The fourth-order valence-corrected chi connectivity index (χ4v) is 0. The average Bonchev–Trinajstić information content (AvgIpc) is 0. The molecule has 6 nitrogen and oxygen atoms in total. The molecule has 0 aliphatic carbocycles. The van der Waals surface area contributed by atoms with Crippen LogP contribution < -0.4 is 36.9 Å². The Balaban J connectivity index is 0. The first kappa shape index (κ1) is 704. The molecule has 0 heterocycles. The molecule has 0 aromatic rings. The minimum atomic E-state index is 0. The predicted octanol–water partition coefficient (Wildman–Crippen LogP) is 1.76. The lowest BCUT2D eigenvalue weighted by molar-refractivity contribution is 2.13. The topological polar surface area (TPSA) is 210 Å². The summed E-state index contributed by atoms with van der Waals surface area (Å²) in [6, 6.07) is 0. The number of rotatable bonds is 0. The van der Waals surface area contributed by atoms with Crippen molar-refractivity contribution in [2.24, 2.45) is 0 Å². The lowest BCUT2D eigenvalue weighted by atomic mass is 12.0. The summed E-state index contributed by atoms with van der Waals surface area (Å²) < 4.78 is 0. The first-order chi connectivity index (χ1) is 0. The Kier molecular flexibility index (Phi) is 29000. The van der Waals surface area contributed by atoms with E-state index in [1.54, 1.807) is 0 Å². The van der Waals surface area contributed by atoms with Crippen LogP contribution in [0.15, 0.2) is 0 Å². The van der Waals surface area contributed by atoms with Gasteiger partial charge in [0.2, 0.25) is 0 Å². The van der Waals surface area contributed by atoms with Gasteiger partial charge < -0.3 is 36.9 Å². The fraction of sp³-hybridized carbons (Fsp3) is 1.00. The van der Waals surface area contributed by atoms with E-state index in [2.05, 4.69) is 0 Å². The molecule has 13 heteroatoms. The van der Waals surface area contributed by atoms with Crippen molar-refractivity contribution < 1.29 is 0 Å². The summed E-state index contributed by atoms with van der Waals surface area (Å²) in [4.78, 5) is 0. The Morgan fingerprint density at radius 1 is 0.357 bits per heavy atom. The van der Waals surface area contributed by atoms with Gasteiger partial charge in [-0.1, -0.05) is 7.43 Å². The quantitative estimate of drug-likeness (QED) is 0.304. The van der Waals surface area contributed by atoms with Crippen LogP contribution in [-0.4, -0.2) is 11.0 Å². The smallest absolute Gasteiger partial charge is 0.0149 e. The zero-order valence-corrected chi connectivity index (χ0v) is 14.5. The van der Waals surface area contributed by atoms with Gasteiger partial charge in [-0.25, -0.2) is 0 Å². The Bertz CT molecular complexity index is 27.8. The molecule has 18 N–H and O–H groups in total. The van der Waals surface area contributed by atoms with Crippen molar-refractivity contribution in [1.29, 1.82) is 0 Å². The molecule has 0 unspecified atom stereocenters. The fourth-order valence-electron chi connectivity index (χ4n) is 0. The van der Waals surface area contributed by atoms with Crippen molar-refractivity contribution in [3.05, 3.63) is 0 Å². The zero-order valence-electron chi connectivity index (χ0n) is 7.06. The van der Waals surface area contributed by atoms with E-state index in [-0.39, 0.29) is 143 Å². The third kappa shape index (κ3) is 467. The summed E-state index contributed by atoms with van der Waals surface area (Å²) in [5, 5.41) is 0. The Morgan fingerprint density at radius 2 is 0.357 bits per heavy atom. The van der Waals surface area contributed by atoms with Crippen LogP contribution in [0.2, 0.25) is 0 Å². The standard InChI is InChI=1S/CH4.2BrH.6H3N.4H2S.H4Si/h1H4;2*1H;6*1H3;4*1H2;1H4. The highest BCUT2D eigenvalue weighted by Crippen LogP contribution is 0.847. The monoisotopic (exact) mass is 446 g/mol. The van der Waals surface area contributed by atoms with Gasteiger partial charge in [0.15, 0.2) is 0 Å². The van der Waals surface area contributed by atoms with Gasteiger partial charge in [0, 0.05) is 0 Å². The summed E-state index contributed by atoms with van der Waals surface area (Å²) in [7, 11) is 0. The minimum Gasteiger partial charge on any atom is -0.344 e. The SMILES string of the molecule is Br.Br.C.N.N.N.N.N.N.S.S.S.S.[SiH4]. The maximum atomic E-state index is 0. The lowest BCUT2D eigenvalue weighted by Crippen LogP contribution is -0.482. The van der Waals surface area contributed by atoms with Crippen LogP contribution in [0.25, 0.3) is 0 Å². The van der Waals surface area contributed by atoms with Crippen LogP contribution in [0.5, 0.6) is 0 Å². The van der Waals surface area contributed by atoms with Crippen LogP contribution in [-0.2, 0) is 0 Å². The van der Waals surface area contributed by atoms with E-state index >= 15 is 0 Å². The summed E-state index contributed by atoms with van der Waals surface area (Å²) in [5.41, 5.74) is 0. The van der Waals surface area contributed by atoms with Crippen LogP contribution in [0.4, 0.5) is 0 Å². The molecule has 112 valence electrons. The van der Waals surface area contributed by atoms with Crippen molar-refractivity contribution in [3.63, 3.8) is 0 Å². The van der Waals surface area contributed by atoms with E-state index in [1.165, 1.54) is 0 Å². The molecule has 0 aromatic heterocycles. The van der Waals surface area contributed by atoms with Crippen LogP contribution >= 0.6 is 87.9 Å². The second kappa shape index (κ2) is 577. The molecule has 0 fully saturated rings. The van der Waals surface area contributed by atoms with Gasteiger partial charge in [-0.3, -0.25) is 0 Å². The Morgan fingerprint density at radius 3 is 0.357 bits per heavy atom. The van der Waals surface area contributed by atoms with E-state index in [0.717, 1.165) is 0 Å². The Labute approximate surface area is 142 Å². The molecule has 0 atom stereocenters. The second-order valence-electron chi connectivity index (χ2n) is 0. The minimum absolute atomic E-state index is 0. The zero-order chi connectivity index (χ0) is 0. The van der Waals surface area contributed by atoms with E-state index in [9.17, 15) is 0 Å². The molecular weight excluding hydrogens is 412 g/mol. The first-order valence-corrected chi connectivity index (χ1v) is 0. The molecule has 0 aromatic carbocycles. The van der Waals surface area contributed by atoms with E-state index in [4.69, 9.17) is 0 Å². The first-order valence-electron chi connectivity index (χ1n) is 0. The lowest BCUT2D eigenvalue weighted by Gasteiger charge is -0.345. The molecule has 0 radical (unpaired) electrons. The molecule has 0 aliphatic rings. The number of hydrogen-bond donors (Lipinski definition) is 6. The number of halogens is 2. The van der Waals surface area contributed by atoms with E-state index in [0.29, 0.717) is 0 Å². The third-order valence-corrected chi connectivity index (χ3v) is 0. The molecule has 0 rings (SSSR count). The maximum Gasteiger partial charge on any atom is -0.0149 e. The van der Waals surface area contributed by atoms with Crippen LogP contribution in [0, 0.1) is 0 Å². The molecule has 0 aliphatic heterocycles. The van der Waals surface area contributed by atoms with Gasteiger partial charge in [0.1, 0.15) is 0 Å². The highest BCUT2D eigenvalue weighted by molar-refractivity contribution is 8.93. The van der Waals surface area contributed by atoms with Gasteiger partial charge in [-0.15, -0.1) is 34.0 Å². The van der Waals surface area contributed by atoms with Crippen molar-refractivity contribution in [1.82, 2.24) is 36.9 Å².